The molecule has 0 aromatic heterocycles. The van der Waals surface area contributed by atoms with Crippen molar-refractivity contribution in [2.75, 3.05) is 6.54 Å². The van der Waals surface area contributed by atoms with E-state index >= 15 is 0 Å². The standard InChI is InChI=1S/C14H28N2O/c1-5-9-15-13(17)11(2)16-12-7-6-8-14(3,4)10-12/h11-12,16H,5-10H2,1-4H3,(H,15,17). The highest BCUT2D eigenvalue weighted by Crippen LogP contribution is 2.35. The van der Waals surface area contributed by atoms with Crippen molar-refractivity contribution in [1.29, 1.82) is 0 Å². The molecule has 1 aliphatic rings. The van der Waals surface area contributed by atoms with Gasteiger partial charge in [0.15, 0.2) is 0 Å². The smallest absolute Gasteiger partial charge is 0.236 e. The van der Waals surface area contributed by atoms with Crippen LogP contribution in [0.3, 0.4) is 0 Å². The van der Waals surface area contributed by atoms with Crippen molar-refractivity contribution in [2.45, 2.75) is 71.9 Å². The molecule has 3 heteroatoms. The van der Waals surface area contributed by atoms with Gasteiger partial charge in [0, 0.05) is 12.6 Å². The second kappa shape index (κ2) is 6.39. The van der Waals surface area contributed by atoms with Gasteiger partial charge in [-0.15, -0.1) is 0 Å². The molecule has 0 aliphatic heterocycles. The van der Waals surface area contributed by atoms with Gasteiger partial charge in [0.2, 0.25) is 5.91 Å². The Balaban J connectivity index is 2.35. The minimum atomic E-state index is -0.0690. The van der Waals surface area contributed by atoms with E-state index in [1.54, 1.807) is 0 Å². The molecule has 1 amide bonds. The van der Waals surface area contributed by atoms with E-state index in [-0.39, 0.29) is 11.9 Å². The first-order chi connectivity index (χ1) is 7.94. The molecule has 0 bridgehead atoms. The van der Waals surface area contributed by atoms with E-state index in [0.29, 0.717) is 11.5 Å². The zero-order chi connectivity index (χ0) is 12.9. The summed E-state index contributed by atoms with van der Waals surface area (Å²) in [6.45, 7) is 9.46. The molecule has 1 aliphatic carbocycles. The summed E-state index contributed by atoms with van der Waals surface area (Å²) in [6.07, 6.45) is 5.96. The maximum Gasteiger partial charge on any atom is 0.236 e. The van der Waals surface area contributed by atoms with Gasteiger partial charge in [-0.05, 0) is 38.0 Å². The Hall–Kier alpha value is -0.570. The van der Waals surface area contributed by atoms with Gasteiger partial charge in [-0.25, -0.2) is 0 Å². The van der Waals surface area contributed by atoms with Crippen molar-refractivity contribution < 1.29 is 4.79 Å². The summed E-state index contributed by atoms with van der Waals surface area (Å²) in [4.78, 5) is 11.8. The van der Waals surface area contributed by atoms with Gasteiger partial charge in [0.25, 0.3) is 0 Å². The van der Waals surface area contributed by atoms with Gasteiger partial charge < -0.3 is 10.6 Å². The van der Waals surface area contributed by atoms with Gasteiger partial charge in [0.1, 0.15) is 0 Å². The van der Waals surface area contributed by atoms with Gasteiger partial charge in [-0.3, -0.25) is 4.79 Å². The van der Waals surface area contributed by atoms with Crippen molar-refractivity contribution >= 4 is 5.91 Å². The lowest BCUT2D eigenvalue weighted by Crippen LogP contribution is -2.48. The molecule has 2 unspecified atom stereocenters. The number of hydrogen-bond donors (Lipinski definition) is 2. The van der Waals surface area contributed by atoms with Crippen molar-refractivity contribution in [2.24, 2.45) is 5.41 Å². The number of nitrogens with one attached hydrogen (secondary N) is 2. The second-order valence-corrected chi connectivity index (χ2v) is 6.14. The Morgan fingerprint density at radius 3 is 2.76 bits per heavy atom. The second-order valence-electron chi connectivity index (χ2n) is 6.14. The fourth-order valence-electron chi connectivity index (χ4n) is 2.67. The summed E-state index contributed by atoms with van der Waals surface area (Å²) in [5, 5.41) is 6.41. The summed E-state index contributed by atoms with van der Waals surface area (Å²) in [5.41, 5.74) is 0.426. The van der Waals surface area contributed by atoms with E-state index in [0.717, 1.165) is 13.0 Å². The van der Waals surface area contributed by atoms with Crippen LogP contribution in [-0.2, 0) is 4.79 Å². The van der Waals surface area contributed by atoms with Crippen LogP contribution in [0.15, 0.2) is 0 Å². The summed E-state index contributed by atoms with van der Waals surface area (Å²) < 4.78 is 0. The molecular weight excluding hydrogens is 212 g/mol. The van der Waals surface area contributed by atoms with Crippen LogP contribution in [0.5, 0.6) is 0 Å². The molecule has 0 saturated heterocycles. The van der Waals surface area contributed by atoms with Crippen LogP contribution >= 0.6 is 0 Å². The lowest BCUT2D eigenvalue weighted by molar-refractivity contribution is -0.123. The Morgan fingerprint density at radius 2 is 2.18 bits per heavy atom. The molecular formula is C14H28N2O. The fraction of sp³-hybridized carbons (Fsp3) is 0.929. The summed E-state index contributed by atoms with van der Waals surface area (Å²) >= 11 is 0. The average Bonchev–Trinajstić information content (AvgIpc) is 2.24. The highest BCUT2D eigenvalue weighted by molar-refractivity contribution is 5.81. The molecule has 100 valence electrons. The molecule has 0 radical (unpaired) electrons. The number of carbonyl (C=O) groups is 1. The van der Waals surface area contributed by atoms with E-state index in [1.807, 2.05) is 6.92 Å². The molecule has 17 heavy (non-hydrogen) atoms. The van der Waals surface area contributed by atoms with Crippen molar-refractivity contribution in [3.63, 3.8) is 0 Å². The minimum absolute atomic E-state index is 0.0690. The highest BCUT2D eigenvalue weighted by Gasteiger charge is 2.29. The van der Waals surface area contributed by atoms with Crippen LogP contribution in [-0.4, -0.2) is 24.5 Å². The molecule has 1 saturated carbocycles. The predicted molar refractivity (Wildman–Crippen MR) is 71.9 cm³/mol. The normalized spacial score (nSPS) is 25.3. The summed E-state index contributed by atoms with van der Waals surface area (Å²) in [5.74, 6) is 0.134. The lowest BCUT2D eigenvalue weighted by Gasteiger charge is -2.36. The van der Waals surface area contributed by atoms with Crippen molar-refractivity contribution in [1.82, 2.24) is 10.6 Å². The van der Waals surface area contributed by atoms with Crippen molar-refractivity contribution in [3.8, 4) is 0 Å². The molecule has 2 N–H and O–H groups in total. The van der Waals surface area contributed by atoms with Crippen LogP contribution < -0.4 is 10.6 Å². The Labute approximate surface area is 106 Å². The number of amides is 1. The summed E-state index contributed by atoms with van der Waals surface area (Å²) in [7, 11) is 0. The van der Waals surface area contributed by atoms with Crippen LogP contribution in [0.25, 0.3) is 0 Å². The van der Waals surface area contributed by atoms with E-state index < -0.39 is 0 Å². The SMILES string of the molecule is CCCNC(=O)C(C)NC1CCCC(C)(C)C1. The first-order valence-corrected chi connectivity index (χ1v) is 6.98. The fourth-order valence-corrected chi connectivity index (χ4v) is 2.67. The molecule has 1 fully saturated rings. The average molecular weight is 240 g/mol. The van der Waals surface area contributed by atoms with E-state index in [1.165, 1.54) is 25.7 Å². The third-order valence-corrected chi connectivity index (χ3v) is 3.63. The Kier molecular flexibility index (Phi) is 5.44. The van der Waals surface area contributed by atoms with Crippen molar-refractivity contribution in [3.05, 3.63) is 0 Å². The largest absolute Gasteiger partial charge is 0.355 e. The van der Waals surface area contributed by atoms with Gasteiger partial charge in [-0.1, -0.05) is 27.2 Å². The monoisotopic (exact) mass is 240 g/mol. The third kappa shape index (κ3) is 5.07. The van der Waals surface area contributed by atoms with Crippen LogP contribution in [0.1, 0.15) is 59.8 Å². The van der Waals surface area contributed by atoms with Crippen LogP contribution in [0, 0.1) is 5.41 Å². The maximum atomic E-state index is 11.8. The Bertz CT molecular complexity index is 251. The first-order valence-electron chi connectivity index (χ1n) is 6.98. The predicted octanol–water partition coefficient (Wildman–Crippen LogP) is 2.46. The molecule has 3 nitrogen and oxygen atoms in total. The maximum absolute atomic E-state index is 11.8. The number of carbonyl (C=O) groups excluding carboxylic acids is 1. The molecule has 1 rings (SSSR count). The van der Waals surface area contributed by atoms with E-state index in [9.17, 15) is 4.79 Å². The quantitative estimate of drug-likeness (QED) is 0.775. The van der Waals surface area contributed by atoms with Crippen LogP contribution in [0.2, 0.25) is 0 Å². The first kappa shape index (κ1) is 14.5. The lowest BCUT2D eigenvalue weighted by atomic mass is 9.75. The van der Waals surface area contributed by atoms with E-state index in [4.69, 9.17) is 0 Å². The summed E-state index contributed by atoms with van der Waals surface area (Å²) in [6, 6.07) is 0.432. The zero-order valence-electron chi connectivity index (χ0n) is 11.8. The Morgan fingerprint density at radius 1 is 1.47 bits per heavy atom. The minimum Gasteiger partial charge on any atom is -0.355 e. The van der Waals surface area contributed by atoms with Gasteiger partial charge in [-0.2, -0.15) is 0 Å². The van der Waals surface area contributed by atoms with Crippen LogP contribution in [0.4, 0.5) is 0 Å². The molecule has 0 spiro atoms. The van der Waals surface area contributed by atoms with E-state index in [2.05, 4.69) is 31.4 Å². The van der Waals surface area contributed by atoms with Gasteiger partial charge >= 0.3 is 0 Å². The molecule has 0 heterocycles. The molecule has 0 aromatic carbocycles. The third-order valence-electron chi connectivity index (χ3n) is 3.63. The topological polar surface area (TPSA) is 41.1 Å². The van der Waals surface area contributed by atoms with Gasteiger partial charge in [0.05, 0.1) is 6.04 Å². The zero-order valence-corrected chi connectivity index (χ0v) is 11.8. The highest BCUT2D eigenvalue weighted by atomic mass is 16.2. The number of rotatable bonds is 5. The molecule has 0 aromatic rings. The number of hydrogen-bond acceptors (Lipinski definition) is 2. The molecule has 2 atom stereocenters.